The third kappa shape index (κ3) is 3.82. The van der Waals surface area contributed by atoms with Crippen LogP contribution in [0.15, 0.2) is 42.5 Å². The van der Waals surface area contributed by atoms with Crippen LogP contribution in [0.25, 0.3) is 0 Å². The molecule has 21 heavy (non-hydrogen) atoms. The molecule has 112 valence electrons. The SMILES string of the molecule is CNCCC(c1cccc(F)c1)c1ccc(OC)c(C)c1. The summed E-state index contributed by atoms with van der Waals surface area (Å²) >= 11 is 0. The molecule has 2 aromatic rings. The predicted octanol–water partition coefficient (Wildman–Crippen LogP) is 3.88. The number of hydrogen-bond donors (Lipinski definition) is 1. The summed E-state index contributed by atoms with van der Waals surface area (Å²) < 4.78 is 18.8. The maximum Gasteiger partial charge on any atom is 0.123 e. The van der Waals surface area contributed by atoms with E-state index in [1.807, 2.05) is 26.1 Å². The van der Waals surface area contributed by atoms with Crippen molar-refractivity contribution in [1.29, 1.82) is 0 Å². The Bertz CT molecular complexity index is 598. The molecule has 0 saturated heterocycles. The lowest BCUT2D eigenvalue weighted by Gasteiger charge is -2.19. The number of halogens is 1. The summed E-state index contributed by atoms with van der Waals surface area (Å²) in [6.07, 6.45) is 0.922. The average Bonchev–Trinajstić information content (AvgIpc) is 2.48. The van der Waals surface area contributed by atoms with Crippen molar-refractivity contribution >= 4 is 0 Å². The molecule has 0 radical (unpaired) electrons. The van der Waals surface area contributed by atoms with Crippen LogP contribution in [-0.2, 0) is 0 Å². The van der Waals surface area contributed by atoms with Crippen LogP contribution in [0.2, 0.25) is 0 Å². The van der Waals surface area contributed by atoms with Crippen molar-refractivity contribution in [2.45, 2.75) is 19.3 Å². The number of nitrogens with one attached hydrogen (secondary N) is 1. The molecule has 0 aromatic heterocycles. The fourth-order valence-electron chi connectivity index (χ4n) is 2.66. The van der Waals surface area contributed by atoms with Gasteiger partial charge >= 0.3 is 0 Å². The molecule has 0 fully saturated rings. The lowest BCUT2D eigenvalue weighted by molar-refractivity contribution is 0.411. The van der Waals surface area contributed by atoms with Gasteiger partial charge in [-0.15, -0.1) is 0 Å². The van der Waals surface area contributed by atoms with Crippen LogP contribution in [0.4, 0.5) is 4.39 Å². The molecule has 3 heteroatoms. The van der Waals surface area contributed by atoms with E-state index in [1.165, 1.54) is 11.6 Å². The molecule has 2 rings (SSSR count). The van der Waals surface area contributed by atoms with Gasteiger partial charge in [0.15, 0.2) is 0 Å². The summed E-state index contributed by atoms with van der Waals surface area (Å²) in [5.41, 5.74) is 3.30. The topological polar surface area (TPSA) is 21.3 Å². The number of hydrogen-bond acceptors (Lipinski definition) is 2. The van der Waals surface area contributed by atoms with Gasteiger partial charge in [-0.3, -0.25) is 0 Å². The summed E-state index contributed by atoms with van der Waals surface area (Å²) in [6.45, 7) is 2.91. The molecule has 0 saturated carbocycles. The van der Waals surface area contributed by atoms with Crippen molar-refractivity contribution in [2.75, 3.05) is 20.7 Å². The zero-order valence-electron chi connectivity index (χ0n) is 12.8. The van der Waals surface area contributed by atoms with E-state index in [9.17, 15) is 4.39 Å². The van der Waals surface area contributed by atoms with Crippen LogP contribution in [0.3, 0.4) is 0 Å². The van der Waals surface area contributed by atoms with E-state index in [1.54, 1.807) is 19.2 Å². The molecule has 0 aliphatic carbocycles. The molecule has 1 unspecified atom stereocenters. The van der Waals surface area contributed by atoms with Crippen molar-refractivity contribution in [3.8, 4) is 5.75 Å². The van der Waals surface area contributed by atoms with Crippen LogP contribution in [0.5, 0.6) is 5.75 Å². The second-order valence-electron chi connectivity index (χ2n) is 5.23. The first-order valence-corrected chi connectivity index (χ1v) is 7.20. The molecule has 1 atom stereocenters. The first kappa shape index (κ1) is 15.5. The predicted molar refractivity (Wildman–Crippen MR) is 84.5 cm³/mol. The van der Waals surface area contributed by atoms with Crippen molar-refractivity contribution in [3.05, 3.63) is 65.0 Å². The van der Waals surface area contributed by atoms with Crippen LogP contribution in [0.1, 0.15) is 29.0 Å². The minimum absolute atomic E-state index is 0.178. The second-order valence-corrected chi connectivity index (χ2v) is 5.23. The van der Waals surface area contributed by atoms with E-state index < -0.39 is 0 Å². The van der Waals surface area contributed by atoms with Gasteiger partial charge in [0.1, 0.15) is 11.6 Å². The van der Waals surface area contributed by atoms with Crippen LogP contribution < -0.4 is 10.1 Å². The summed E-state index contributed by atoms with van der Waals surface area (Å²) in [7, 11) is 3.61. The van der Waals surface area contributed by atoms with Gasteiger partial charge < -0.3 is 10.1 Å². The van der Waals surface area contributed by atoms with Gasteiger partial charge in [-0.25, -0.2) is 4.39 Å². The first-order chi connectivity index (χ1) is 10.2. The Hall–Kier alpha value is -1.87. The molecule has 0 bridgehead atoms. The Morgan fingerprint density at radius 2 is 1.90 bits per heavy atom. The molecular weight excluding hydrogens is 265 g/mol. The minimum atomic E-state index is -0.188. The Balaban J connectivity index is 2.37. The van der Waals surface area contributed by atoms with Gasteiger partial charge in [0.25, 0.3) is 0 Å². The Labute approximate surface area is 126 Å². The maximum atomic E-state index is 13.5. The number of ether oxygens (including phenoxy) is 1. The van der Waals surface area contributed by atoms with Gasteiger partial charge in [0.2, 0.25) is 0 Å². The number of rotatable bonds is 6. The number of aryl methyl sites for hydroxylation is 1. The van der Waals surface area contributed by atoms with Gasteiger partial charge in [0, 0.05) is 5.92 Å². The van der Waals surface area contributed by atoms with Crippen LogP contribution >= 0.6 is 0 Å². The fraction of sp³-hybridized carbons (Fsp3) is 0.333. The monoisotopic (exact) mass is 287 g/mol. The van der Waals surface area contributed by atoms with Crippen molar-refractivity contribution in [1.82, 2.24) is 5.32 Å². The summed E-state index contributed by atoms with van der Waals surface area (Å²) in [4.78, 5) is 0. The lowest BCUT2D eigenvalue weighted by atomic mass is 9.87. The first-order valence-electron chi connectivity index (χ1n) is 7.20. The van der Waals surface area contributed by atoms with Gasteiger partial charge in [0.05, 0.1) is 7.11 Å². The molecular formula is C18H22FNO. The van der Waals surface area contributed by atoms with E-state index in [-0.39, 0.29) is 11.7 Å². The average molecular weight is 287 g/mol. The molecule has 2 aromatic carbocycles. The zero-order chi connectivity index (χ0) is 15.2. The van der Waals surface area contributed by atoms with Crippen molar-refractivity contribution in [2.24, 2.45) is 0 Å². The normalized spacial score (nSPS) is 12.2. The molecule has 0 amide bonds. The Morgan fingerprint density at radius 3 is 2.52 bits per heavy atom. The van der Waals surface area contributed by atoms with Crippen molar-refractivity contribution < 1.29 is 9.13 Å². The Morgan fingerprint density at radius 1 is 1.14 bits per heavy atom. The van der Waals surface area contributed by atoms with E-state index >= 15 is 0 Å². The molecule has 0 heterocycles. The largest absolute Gasteiger partial charge is 0.496 e. The van der Waals surface area contributed by atoms with E-state index in [2.05, 4.69) is 17.4 Å². The zero-order valence-corrected chi connectivity index (χ0v) is 12.8. The highest BCUT2D eigenvalue weighted by atomic mass is 19.1. The fourth-order valence-corrected chi connectivity index (χ4v) is 2.66. The second kappa shape index (κ2) is 7.23. The quantitative estimate of drug-likeness (QED) is 0.870. The third-order valence-corrected chi connectivity index (χ3v) is 3.76. The van der Waals surface area contributed by atoms with Crippen LogP contribution in [0, 0.1) is 12.7 Å². The van der Waals surface area contributed by atoms with E-state index in [0.29, 0.717) is 0 Å². The van der Waals surface area contributed by atoms with Crippen molar-refractivity contribution in [3.63, 3.8) is 0 Å². The standard InChI is InChI=1S/C18H22FNO/c1-13-11-15(7-8-18(13)21-3)17(9-10-20-2)14-5-4-6-16(19)12-14/h4-8,11-12,17,20H,9-10H2,1-3H3. The lowest BCUT2D eigenvalue weighted by Crippen LogP contribution is -2.13. The maximum absolute atomic E-state index is 13.5. The summed E-state index contributed by atoms with van der Waals surface area (Å²) in [5, 5.41) is 3.17. The van der Waals surface area contributed by atoms with E-state index in [4.69, 9.17) is 4.74 Å². The van der Waals surface area contributed by atoms with Gasteiger partial charge in [-0.2, -0.15) is 0 Å². The number of benzene rings is 2. The number of methoxy groups -OCH3 is 1. The minimum Gasteiger partial charge on any atom is -0.496 e. The summed E-state index contributed by atoms with van der Waals surface area (Å²) in [5.74, 6) is 0.871. The highest BCUT2D eigenvalue weighted by Gasteiger charge is 2.15. The van der Waals surface area contributed by atoms with E-state index in [0.717, 1.165) is 29.8 Å². The molecule has 0 spiro atoms. The smallest absolute Gasteiger partial charge is 0.123 e. The molecule has 0 aliphatic rings. The molecule has 2 nitrogen and oxygen atoms in total. The highest BCUT2D eigenvalue weighted by Crippen LogP contribution is 2.31. The van der Waals surface area contributed by atoms with Gasteiger partial charge in [-0.05, 0) is 61.8 Å². The van der Waals surface area contributed by atoms with Gasteiger partial charge in [-0.1, -0.05) is 24.3 Å². The van der Waals surface area contributed by atoms with Crippen LogP contribution in [-0.4, -0.2) is 20.7 Å². The highest BCUT2D eigenvalue weighted by molar-refractivity contribution is 5.41. The third-order valence-electron chi connectivity index (χ3n) is 3.76. The molecule has 1 N–H and O–H groups in total. The molecule has 0 aliphatic heterocycles. The Kier molecular flexibility index (Phi) is 5.34. The summed E-state index contributed by atoms with van der Waals surface area (Å²) in [6, 6.07) is 13.0.